The minimum absolute atomic E-state index is 0.289. The zero-order chi connectivity index (χ0) is 19.3. The van der Waals surface area contributed by atoms with Gasteiger partial charge in [0.05, 0.1) is 31.4 Å². The van der Waals surface area contributed by atoms with Gasteiger partial charge in [0.2, 0.25) is 0 Å². The molecule has 1 atom stereocenters. The molecule has 3 aromatic rings. The van der Waals surface area contributed by atoms with E-state index < -0.39 is 12.2 Å². The highest BCUT2D eigenvalue weighted by molar-refractivity contribution is 5.84. The van der Waals surface area contributed by atoms with Crippen LogP contribution < -0.4 is 10.2 Å². The molecule has 0 spiro atoms. The van der Waals surface area contributed by atoms with Crippen molar-refractivity contribution >= 4 is 28.9 Å². The quantitative estimate of drug-likeness (QED) is 0.747. The third-order valence-corrected chi connectivity index (χ3v) is 4.32. The molecule has 1 saturated heterocycles. The van der Waals surface area contributed by atoms with Gasteiger partial charge in [-0.1, -0.05) is 12.1 Å². The van der Waals surface area contributed by atoms with Gasteiger partial charge in [0, 0.05) is 12.2 Å². The predicted molar refractivity (Wildman–Crippen MR) is 102 cm³/mol. The van der Waals surface area contributed by atoms with Crippen molar-refractivity contribution in [2.24, 2.45) is 0 Å². The van der Waals surface area contributed by atoms with Crippen LogP contribution in [0, 0.1) is 11.3 Å². The molecule has 0 saturated carbocycles. The molecule has 2 aromatic carbocycles. The van der Waals surface area contributed by atoms with Crippen molar-refractivity contribution in [2.75, 3.05) is 36.5 Å². The van der Waals surface area contributed by atoms with Crippen LogP contribution in [0.25, 0.3) is 11.1 Å². The summed E-state index contributed by atoms with van der Waals surface area (Å²) in [6.07, 6.45) is -1.06. The second kappa shape index (κ2) is 7.98. The second-order valence-electron chi connectivity index (χ2n) is 6.33. The number of carbonyl (C=O) groups excluding carboxylic acids is 1. The lowest BCUT2D eigenvalue weighted by molar-refractivity contribution is 0.0443. The van der Waals surface area contributed by atoms with Crippen molar-refractivity contribution in [3.8, 4) is 6.07 Å². The fourth-order valence-electron chi connectivity index (χ4n) is 2.95. The molecule has 1 amide bonds. The SMILES string of the molecule is N#Cc1ccc(NC(=O)O[C@H]2COCCN(c3nc4ccccc4o3)C2)cc1. The lowest BCUT2D eigenvalue weighted by Gasteiger charge is -2.21. The second-order valence-corrected chi connectivity index (χ2v) is 6.33. The fraction of sp³-hybridized carbons (Fsp3) is 0.250. The number of rotatable bonds is 3. The average molecular weight is 378 g/mol. The number of hydrogen-bond donors (Lipinski definition) is 1. The van der Waals surface area contributed by atoms with Crippen molar-refractivity contribution < 1.29 is 18.7 Å². The molecule has 1 aliphatic heterocycles. The maximum Gasteiger partial charge on any atom is 0.412 e. The number of carbonyl (C=O) groups is 1. The molecular weight excluding hydrogens is 360 g/mol. The first-order valence-corrected chi connectivity index (χ1v) is 8.87. The van der Waals surface area contributed by atoms with E-state index >= 15 is 0 Å². The number of amides is 1. The summed E-state index contributed by atoms with van der Waals surface area (Å²) in [5, 5.41) is 11.5. The molecular formula is C20H18N4O4. The first kappa shape index (κ1) is 17.8. The molecule has 8 heteroatoms. The number of nitrogens with zero attached hydrogens (tertiary/aromatic N) is 3. The molecule has 142 valence electrons. The van der Waals surface area contributed by atoms with Gasteiger partial charge < -0.3 is 18.8 Å². The number of hydrogen-bond acceptors (Lipinski definition) is 7. The Kier molecular flexibility index (Phi) is 5.08. The van der Waals surface area contributed by atoms with Crippen molar-refractivity contribution in [1.29, 1.82) is 5.26 Å². The Bertz CT molecular complexity index is 976. The van der Waals surface area contributed by atoms with Crippen molar-refractivity contribution in [3.63, 3.8) is 0 Å². The Hall–Kier alpha value is -3.57. The number of benzene rings is 2. The average Bonchev–Trinajstić information content (AvgIpc) is 3.01. The Labute approximate surface area is 161 Å². The lowest BCUT2D eigenvalue weighted by Crippen LogP contribution is -2.36. The monoisotopic (exact) mass is 378 g/mol. The normalized spacial score (nSPS) is 17.0. The minimum Gasteiger partial charge on any atom is -0.442 e. The summed E-state index contributed by atoms with van der Waals surface area (Å²) in [6.45, 7) is 1.77. The van der Waals surface area contributed by atoms with Crippen LogP contribution in [0.3, 0.4) is 0 Å². The first-order valence-electron chi connectivity index (χ1n) is 8.87. The van der Waals surface area contributed by atoms with E-state index in [1.807, 2.05) is 35.2 Å². The van der Waals surface area contributed by atoms with Crippen molar-refractivity contribution in [1.82, 2.24) is 4.98 Å². The van der Waals surface area contributed by atoms with E-state index in [2.05, 4.69) is 10.3 Å². The Morgan fingerprint density at radius 2 is 2.07 bits per heavy atom. The Morgan fingerprint density at radius 3 is 2.86 bits per heavy atom. The predicted octanol–water partition coefficient (Wildman–Crippen LogP) is 3.15. The molecule has 1 N–H and O–H groups in total. The van der Waals surface area contributed by atoms with E-state index in [1.165, 1.54) is 0 Å². The molecule has 0 bridgehead atoms. The summed E-state index contributed by atoms with van der Waals surface area (Å²) < 4.78 is 16.9. The molecule has 1 aliphatic rings. The van der Waals surface area contributed by atoms with Crippen LogP contribution in [0.4, 0.5) is 16.5 Å². The number of aromatic nitrogens is 1. The number of fused-ring (bicyclic) bond motifs is 1. The van der Waals surface area contributed by atoms with Gasteiger partial charge in [-0.2, -0.15) is 10.2 Å². The molecule has 1 aromatic heterocycles. The maximum absolute atomic E-state index is 12.2. The summed E-state index contributed by atoms with van der Waals surface area (Å²) in [7, 11) is 0. The molecule has 0 radical (unpaired) electrons. The van der Waals surface area contributed by atoms with E-state index in [4.69, 9.17) is 19.2 Å². The van der Waals surface area contributed by atoms with Gasteiger partial charge in [0.15, 0.2) is 5.58 Å². The number of anilines is 2. The number of nitriles is 1. The fourth-order valence-corrected chi connectivity index (χ4v) is 2.95. The first-order chi connectivity index (χ1) is 13.7. The standard InChI is InChI=1S/C20H18N4O4/c21-11-14-5-7-15(8-6-14)22-20(25)27-16-12-24(9-10-26-13-16)19-23-17-3-1-2-4-18(17)28-19/h1-8,16H,9-10,12-13H2,(H,22,25)/t16-/m1/s1. The van der Waals surface area contributed by atoms with Gasteiger partial charge in [0.1, 0.15) is 11.6 Å². The summed E-state index contributed by atoms with van der Waals surface area (Å²) in [4.78, 5) is 18.6. The lowest BCUT2D eigenvalue weighted by atomic mass is 10.2. The molecule has 4 rings (SSSR count). The summed E-state index contributed by atoms with van der Waals surface area (Å²) in [5.41, 5.74) is 2.55. The molecule has 8 nitrogen and oxygen atoms in total. The highest BCUT2D eigenvalue weighted by atomic mass is 16.6. The van der Waals surface area contributed by atoms with Crippen LogP contribution in [0.15, 0.2) is 52.9 Å². The highest BCUT2D eigenvalue weighted by Crippen LogP contribution is 2.23. The van der Waals surface area contributed by atoms with Gasteiger partial charge >= 0.3 is 6.09 Å². The van der Waals surface area contributed by atoms with E-state index in [-0.39, 0.29) is 6.61 Å². The molecule has 0 aliphatic carbocycles. The van der Waals surface area contributed by atoms with Crippen LogP contribution >= 0.6 is 0 Å². The highest BCUT2D eigenvalue weighted by Gasteiger charge is 2.25. The van der Waals surface area contributed by atoms with Gasteiger partial charge in [-0.05, 0) is 36.4 Å². The van der Waals surface area contributed by atoms with E-state index in [0.29, 0.717) is 42.5 Å². The summed E-state index contributed by atoms with van der Waals surface area (Å²) in [5.74, 6) is 0. The van der Waals surface area contributed by atoms with Crippen LogP contribution in [0.1, 0.15) is 5.56 Å². The Balaban J connectivity index is 1.40. The summed E-state index contributed by atoms with van der Waals surface area (Å²) in [6, 6.07) is 16.6. The maximum atomic E-state index is 12.2. The number of ether oxygens (including phenoxy) is 2. The van der Waals surface area contributed by atoms with E-state index in [1.54, 1.807) is 24.3 Å². The van der Waals surface area contributed by atoms with Gasteiger partial charge in [-0.15, -0.1) is 0 Å². The minimum atomic E-state index is -0.585. The molecule has 0 unspecified atom stereocenters. The van der Waals surface area contributed by atoms with Crippen LogP contribution in [-0.2, 0) is 9.47 Å². The number of oxazole rings is 1. The smallest absolute Gasteiger partial charge is 0.412 e. The zero-order valence-corrected chi connectivity index (χ0v) is 15.0. The Morgan fingerprint density at radius 1 is 1.25 bits per heavy atom. The van der Waals surface area contributed by atoms with Gasteiger partial charge in [0.25, 0.3) is 6.01 Å². The van der Waals surface area contributed by atoms with E-state index in [0.717, 1.165) is 5.52 Å². The van der Waals surface area contributed by atoms with Crippen molar-refractivity contribution in [3.05, 3.63) is 54.1 Å². The largest absolute Gasteiger partial charge is 0.442 e. The molecule has 28 heavy (non-hydrogen) atoms. The third kappa shape index (κ3) is 4.05. The molecule has 1 fully saturated rings. The number of nitrogens with one attached hydrogen (secondary N) is 1. The topological polar surface area (TPSA) is 101 Å². The number of para-hydroxylation sites is 2. The summed E-state index contributed by atoms with van der Waals surface area (Å²) >= 11 is 0. The van der Waals surface area contributed by atoms with Crippen LogP contribution in [-0.4, -0.2) is 43.5 Å². The van der Waals surface area contributed by atoms with Crippen LogP contribution in [0.5, 0.6) is 0 Å². The zero-order valence-electron chi connectivity index (χ0n) is 15.0. The molecule has 2 heterocycles. The van der Waals surface area contributed by atoms with Crippen molar-refractivity contribution in [2.45, 2.75) is 6.10 Å². The third-order valence-electron chi connectivity index (χ3n) is 4.32. The van der Waals surface area contributed by atoms with Gasteiger partial charge in [-0.3, -0.25) is 5.32 Å². The van der Waals surface area contributed by atoms with E-state index in [9.17, 15) is 4.79 Å². The van der Waals surface area contributed by atoms with Crippen LogP contribution in [0.2, 0.25) is 0 Å². The van der Waals surface area contributed by atoms with Gasteiger partial charge in [-0.25, -0.2) is 4.79 Å².